The van der Waals surface area contributed by atoms with Gasteiger partial charge in [-0.05, 0) is 25.7 Å². The maximum absolute atomic E-state index is 12.4. The molecule has 1 saturated carbocycles. The van der Waals surface area contributed by atoms with Crippen molar-refractivity contribution in [3.63, 3.8) is 0 Å². The van der Waals surface area contributed by atoms with Crippen molar-refractivity contribution in [1.82, 2.24) is 10.3 Å². The first-order valence-electron chi connectivity index (χ1n) is 9.33. The highest BCUT2D eigenvalue weighted by molar-refractivity contribution is 7.91. The predicted octanol–water partition coefficient (Wildman–Crippen LogP) is 3.73. The molecule has 1 fully saturated rings. The van der Waals surface area contributed by atoms with Crippen LogP contribution >= 0.6 is 11.3 Å². The summed E-state index contributed by atoms with van der Waals surface area (Å²) in [5, 5.41) is 5.46. The van der Waals surface area contributed by atoms with Crippen molar-refractivity contribution in [3.8, 4) is 10.6 Å². The zero-order chi connectivity index (χ0) is 19.4. The largest absolute Gasteiger partial charge is 0.352 e. The molecule has 7 heteroatoms. The van der Waals surface area contributed by atoms with Gasteiger partial charge in [0.2, 0.25) is 5.91 Å². The van der Waals surface area contributed by atoms with E-state index in [0.29, 0.717) is 11.6 Å². The Hall–Kier alpha value is -1.73. The number of nitrogens with one attached hydrogen (secondary N) is 1. The Bertz CT molecular complexity index is 888. The fraction of sp³-hybridized carbons (Fsp3) is 0.500. The molecule has 0 radical (unpaired) electrons. The molecule has 5 nitrogen and oxygen atoms in total. The molecule has 0 spiro atoms. The van der Waals surface area contributed by atoms with Gasteiger partial charge in [-0.3, -0.25) is 4.79 Å². The molecule has 2 aromatic rings. The van der Waals surface area contributed by atoms with Crippen LogP contribution in [0.25, 0.3) is 10.6 Å². The molecule has 1 aromatic heterocycles. The number of carbonyl (C=O) groups is 1. The van der Waals surface area contributed by atoms with Crippen molar-refractivity contribution in [2.75, 3.05) is 5.75 Å². The first-order valence-corrected chi connectivity index (χ1v) is 12.0. The van der Waals surface area contributed by atoms with E-state index in [4.69, 9.17) is 0 Å². The summed E-state index contributed by atoms with van der Waals surface area (Å²) in [7, 11) is -3.55. The number of amides is 1. The number of sulfone groups is 1. The van der Waals surface area contributed by atoms with Crippen LogP contribution in [0, 0.1) is 12.8 Å². The maximum Gasteiger partial charge on any atom is 0.235 e. The molecule has 1 amide bonds. The first kappa shape index (κ1) is 20.0. The van der Waals surface area contributed by atoms with Crippen molar-refractivity contribution < 1.29 is 13.2 Å². The van der Waals surface area contributed by atoms with Crippen LogP contribution in [-0.2, 0) is 20.4 Å². The van der Waals surface area contributed by atoms with E-state index in [9.17, 15) is 13.2 Å². The Labute approximate surface area is 165 Å². The van der Waals surface area contributed by atoms with Crippen LogP contribution in [0.3, 0.4) is 0 Å². The molecule has 1 aromatic carbocycles. The molecule has 0 unspecified atom stereocenters. The summed E-state index contributed by atoms with van der Waals surface area (Å²) in [6, 6.07) is 8.05. The number of benzene rings is 1. The molecule has 1 N–H and O–H groups in total. The average molecular weight is 407 g/mol. The van der Waals surface area contributed by atoms with Gasteiger partial charge in [0.1, 0.15) is 10.8 Å². The number of aryl methyl sites for hydroxylation is 1. The van der Waals surface area contributed by atoms with Crippen LogP contribution in [0.15, 0.2) is 29.6 Å². The van der Waals surface area contributed by atoms with E-state index >= 15 is 0 Å². The predicted molar refractivity (Wildman–Crippen MR) is 109 cm³/mol. The van der Waals surface area contributed by atoms with Crippen molar-refractivity contribution in [1.29, 1.82) is 0 Å². The molecular formula is C20H26N2O3S2. The van der Waals surface area contributed by atoms with Crippen LogP contribution in [0.4, 0.5) is 0 Å². The van der Waals surface area contributed by atoms with Crippen LogP contribution in [-0.4, -0.2) is 31.1 Å². The lowest BCUT2D eigenvalue weighted by molar-refractivity contribution is -0.119. The number of hydrogen-bond donors (Lipinski definition) is 1. The monoisotopic (exact) mass is 406 g/mol. The average Bonchev–Trinajstić information content (AvgIpc) is 3.04. The fourth-order valence-corrected chi connectivity index (χ4v) is 5.57. The highest BCUT2D eigenvalue weighted by Crippen LogP contribution is 2.25. The summed E-state index contributed by atoms with van der Waals surface area (Å²) in [6.45, 7) is 4.13. The van der Waals surface area contributed by atoms with Gasteiger partial charge in [-0.1, -0.05) is 49.6 Å². The van der Waals surface area contributed by atoms with E-state index in [-0.39, 0.29) is 11.8 Å². The van der Waals surface area contributed by atoms with E-state index in [1.807, 2.05) is 31.2 Å². The van der Waals surface area contributed by atoms with Gasteiger partial charge >= 0.3 is 0 Å². The van der Waals surface area contributed by atoms with E-state index in [1.165, 1.54) is 17.8 Å². The first-order chi connectivity index (χ1) is 12.8. The van der Waals surface area contributed by atoms with Crippen molar-refractivity contribution >= 4 is 27.1 Å². The van der Waals surface area contributed by atoms with Crippen LogP contribution in [0.5, 0.6) is 0 Å². The van der Waals surface area contributed by atoms with Gasteiger partial charge in [0.25, 0.3) is 0 Å². The highest BCUT2D eigenvalue weighted by atomic mass is 32.2. The second-order valence-electron chi connectivity index (χ2n) is 7.48. The highest BCUT2D eigenvalue weighted by Gasteiger charge is 2.25. The zero-order valence-corrected chi connectivity index (χ0v) is 17.4. The topological polar surface area (TPSA) is 76.1 Å². The minimum atomic E-state index is -3.55. The summed E-state index contributed by atoms with van der Waals surface area (Å²) in [6.07, 6.45) is 4.28. The van der Waals surface area contributed by atoms with Gasteiger partial charge < -0.3 is 5.32 Å². The summed E-state index contributed by atoms with van der Waals surface area (Å²) in [4.78, 5) is 16.7. The molecular weight excluding hydrogens is 380 g/mol. The second-order valence-corrected chi connectivity index (χ2v) is 10.4. The van der Waals surface area contributed by atoms with Crippen molar-refractivity contribution in [2.24, 2.45) is 5.92 Å². The normalized spacial score (nSPS) is 20.4. The lowest BCUT2D eigenvalue weighted by Crippen LogP contribution is -2.43. The molecule has 146 valence electrons. The lowest BCUT2D eigenvalue weighted by atomic mass is 9.86. The van der Waals surface area contributed by atoms with Crippen molar-refractivity contribution in [3.05, 3.63) is 40.9 Å². The van der Waals surface area contributed by atoms with E-state index in [0.717, 1.165) is 35.4 Å². The second kappa shape index (κ2) is 8.52. The number of hydrogen-bond acceptors (Lipinski definition) is 5. The van der Waals surface area contributed by atoms with E-state index in [2.05, 4.69) is 17.2 Å². The zero-order valence-electron chi connectivity index (χ0n) is 15.8. The molecule has 0 aliphatic heterocycles. The third-order valence-electron chi connectivity index (χ3n) is 5.03. The third-order valence-corrected chi connectivity index (χ3v) is 7.40. The van der Waals surface area contributed by atoms with Gasteiger partial charge in [0.15, 0.2) is 9.84 Å². The van der Waals surface area contributed by atoms with E-state index < -0.39 is 21.5 Å². The Morgan fingerprint density at radius 2 is 1.93 bits per heavy atom. The third kappa shape index (κ3) is 5.62. The number of carbonyl (C=O) groups excluding carboxylic acids is 1. The molecule has 0 saturated heterocycles. The molecule has 27 heavy (non-hydrogen) atoms. The molecule has 0 bridgehead atoms. The molecule has 1 aliphatic rings. The molecule has 1 heterocycles. The maximum atomic E-state index is 12.4. The summed E-state index contributed by atoms with van der Waals surface area (Å²) in [5.74, 6) is -0.680. The summed E-state index contributed by atoms with van der Waals surface area (Å²) >= 11 is 1.42. The molecule has 1 aliphatic carbocycles. The number of rotatable bonds is 6. The summed E-state index contributed by atoms with van der Waals surface area (Å²) in [5.41, 5.74) is 2.63. The molecule has 3 rings (SSSR count). The standard InChI is InChI=1S/C20H26N2O3S2/c1-14-7-9-16(10-8-14)20-21-17(11-26-20)12-27(24,25)13-19(23)22-18-6-4-3-5-15(18)2/h7-11,15,18H,3-6,12-13H2,1-2H3,(H,22,23)/t15-,18-/m0/s1. The SMILES string of the molecule is Cc1ccc(-c2nc(CS(=O)(=O)CC(=O)N[C@H]3CCCC[C@@H]3C)cs2)cc1. The van der Waals surface area contributed by atoms with E-state index in [1.54, 1.807) is 5.38 Å². The lowest BCUT2D eigenvalue weighted by Gasteiger charge is -2.29. The van der Waals surface area contributed by atoms with Gasteiger partial charge in [-0.15, -0.1) is 11.3 Å². The van der Waals surface area contributed by atoms with Crippen LogP contribution < -0.4 is 5.32 Å². The van der Waals surface area contributed by atoms with Crippen molar-refractivity contribution in [2.45, 2.75) is 51.3 Å². The van der Waals surface area contributed by atoms with Crippen LogP contribution in [0.1, 0.15) is 43.9 Å². The molecule has 2 atom stereocenters. The smallest absolute Gasteiger partial charge is 0.235 e. The van der Waals surface area contributed by atoms with Gasteiger partial charge in [-0.25, -0.2) is 13.4 Å². The van der Waals surface area contributed by atoms with Gasteiger partial charge in [-0.2, -0.15) is 0 Å². The quantitative estimate of drug-likeness (QED) is 0.793. The minimum absolute atomic E-state index is 0.0915. The van der Waals surface area contributed by atoms with Gasteiger partial charge in [0.05, 0.1) is 11.4 Å². The minimum Gasteiger partial charge on any atom is -0.352 e. The Morgan fingerprint density at radius 1 is 1.22 bits per heavy atom. The van der Waals surface area contributed by atoms with Gasteiger partial charge in [0, 0.05) is 17.0 Å². The Morgan fingerprint density at radius 3 is 2.63 bits per heavy atom. The number of nitrogens with zero attached hydrogens (tertiary/aromatic N) is 1. The number of thiazole rings is 1. The fourth-order valence-electron chi connectivity index (χ4n) is 3.46. The number of aromatic nitrogens is 1. The Kier molecular flexibility index (Phi) is 6.32. The Balaban J connectivity index is 1.59. The summed E-state index contributed by atoms with van der Waals surface area (Å²) < 4.78 is 24.9. The van der Waals surface area contributed by atoms with Crippen LogP contribution in [0.2, 0.25) is 0 Å².